The summed E-state index contributed by atoms with van der Waals surface area (Å²) < 4.78 is 5.48. The van der Waals surface area contributed by atoms with Gasteiger partial charge in [-0.05, 0) is 43.2 Å². The van der Waals surface area contributed by atoms with Crippen molar-refractivity contribution in [2.45, 2.75) is 25.4 Å². The van der Waals surface area contributed by atoms with Crippen LogP contribution in [0.2, 0.25) is 0 Å². The molecule has 0 aromatic heterocycles. The van der Waals surface area contributed by atoms with Crippen LogP contribution < -0.4 is 9.64 Å². The topological polar surface area (TPSA) is 53.1 Å². The van der Waals surface area contributed by atoms with Crippen LogP contribution in [0.4, 0.5) is 5.69 Å². The molecule has 3 saturated heterocycles. The number of rotatable bonds is 4. The van der Waals surface area contributed by atoms with E-state index in [-0.39, 0.29) is 23.8 Å². The quantitative estimate of drug-likeness (QED) is 0.767. The molecule has 6 heteroatoms. The number of hydrazine groups is 1. The molecule has 144 valence electrons. The number of hydrogen-bond acceptors (Lipinski definition) is 5. The van der Waals surface area contributed by atoms with Gasteiger partial charge in [-0.15, -0.1) is 0 Å². The summed E-state index contributed by atoms with van der Waals surface area (Å²) in [5, 5.41) is 4.35. The molecule has 2 amide bonds. The Labute approximate surface area is 164 Å². The van der Waals surface area contributed by atoms with Crippen LogP contribution in [0.15, 0.2) is 54.6 Å². The highest BCUT2D eigenvalue weighted by Gasteiger charge is 2.62. The van der Waals surface area contributed by atoms with E-state index >= 15 is 0 Å². The molecule has 3 heterocycles. The minimum atomic E-state index is -0.410. The van der Waals surface area contributed by atoms with Crippen molar-refractivity contribution >= 4 is 17.5 Å². The summed E-state index contributed by atoms with van der Waals surface area (Å²) in [6.45, 7) is 4.21. The number of nitrogens with zero attached hydrogens (tertiary/aromatic N) is 3. The molecular formula is C22H23N3O3. The first-order valence-electron chi connectivity index (χ1n) is 9.89. The first-order chi connectivity index (χ1) is 13.7. The lowest BCUT2D eigenvalue weighted by molar-refractivity contribution is -0.126. The zero-order chi connectivity index (χ0) is 19.3. The predicted octanol–water partition coefficient (Wildman–Crippen LogP) is 2.62. The van der Waals surface area contributed by atoms with Gasteiger partial charge in [0, 0.05) is 13.1 Å². The third kappa shape index (κ3) is 2.48. The summed E-state index contributed by atoms with van der Waals surface area (Å²) in [7, 11) is 0. The molecule has 0 aliphatic carbocycles. The number of benzene rings is 2. The van der Waals surface area contributed by atoms with E-state index in [1.807, 2.05) is 37.3 Å². The first kappa shape index (κ1) is 17.4. The third-order valence-corrected chi connectivity index (χ3v) is 5.95. The molecule has 0 bridgehead atoms. The number of anilines is 1. The highest BCUT2D eigenvalue weighted by molar-refractivity contribution is 6.24. The molecule has 0 N–H and O–H groups in total. The minimum absolute atomic E-state index is 0.0853. The summed E-state index contributed by atoms with van der Waals surface area (Å²) in [5.74, 6) is 0.132. The van der Waals surface area contributed by atoms with Gasteiger partial charge in [-0.2, -0.15) is 0 Å². The fourth-order valence-electron chi connectivity index (χ4n) is 4.88. The standard InChI is InChI=1S/C22H23N3O3/c1-2-28-17-11-9-16(10-12-17)25-21(26)18-19(15-7-4-3-5-8-15)23-13-6-14-24(23)20(18)22(25)27/h3-5,7-12,18-20H,2,6,13-14H2,1H3/t18-,19+,20-/m0/s1. The number of fused-ring (bicyclic) bond motifs is 3. The Kier molecular flexibility index (Phi) is 4.18. The summed E-state index contributed by atoms with van der Waals surface area (Å²) in [6.07, 6.45) is 1.01. The minimum Gasteiger partial charge on any atom is -0.494 e. The van der Waals surface area contributed by atoms with E-state index in [1.54, 1.807) is 12.1 Å². The Morgan fingerprint density at radius 3 is 2.25 bits per heavy atom. The lowest BCUT2D eigenvalue weighted by Gasteiger charge is -2.29. The van der Waals surface area contributed by atoms with E-state index in [4.69, 9.17) is 4.74 Å². The molecule has 2 aromatic carbocycles. The van der Waals surface area contributed by atoms with Crippen molar-refractivity contribution in [2.75, 3.05) is 24.6 Å². The normalized spacial score (nSPS) is 27.3. The third-order valence-electron chi connectivity index (χ3n) is 5.95. The fourth-order valence-corrected chi connectivity index (χ4v) is 4.88. The van der Waals surface area contributed by atoms with Gasteiger partial charge in [0.15, 0.2) is 0 Å². The van der Waals surface area contributed by atoms with Crippen LogP contribution in [0.5, 0.6) is 5.75 Å². The van der Waals surface area contributed by atoms with Gasteiger partial charge in [0.1, 0.15) is 11.8 Å². The second-order valence-electron chi connectivity index (χ2n) is 7.44. The zero-order valence-electron chi connectivity index (χ0n) is 15.8. The molecule has 2 aromatic rings. The van der Waals surface area contributed by atoms with Crippen molar-refractivity contribution in [2.24, 2.45) is 5.92 Å². The average molecular weight is 377 g/mol. The fraction of sp³-hybridized carbons (Fsp3) is 0.364. The van der Waals surface area contributed by atoms with E-state index < -0.39 is 6.04 Å². The van der Waals surface area contributed by atoms with Crippen molar-refractivity contribution in [1.82, 2.24) is 10.0 Å². The molecule has 3 aliphatic rings. The Morgan fingerprint density at radius 2 is 1.57 bits per heavy atom. The number of ether oxygens (including phenoxy) is 1. The van der Waals surface area contributed by atoms with Gasteiger partial charge in [0.25, 0.3) is 5.91 Å². The number of amides is 2. The van der Waals surface area contributed by atoms with E-state index in [0.29, 0.717) is 12.3 Å². The Morgan fingerprint density at radius 1 is 0.893 bits per heavy atom. The van der Waals surface area contributed by atoms with E-state index in [0.717, 1.165) is 30.8 Å². The summed E-state index contributed by atoms with van der Waals surface area (Å²) >= 11 is 0. The largest absolute Gasteiger partial charge is 0.494 e. The molecule has 28 heavy (non-hydrogen) atoms. The molecule has 0 radical (unpaired) electrons. The Hall–Kier alpha value is -2.70. The number of hydrogen-bond donors (Lipinski definition) is 0. The van der Waals surface area contributed by atoms with Crippen LogP contribution in [0.3, 0.4) is 0 Å². The van der Waals surface area contributed by atoms with E-state index in [1.165, 1.54) is 4.90 Å². The predicted molar refractivity (Wildman–Crippen MR) is 105 cm³/mol. The highest BCUT2D eigenvalue weighted by atomic mass is 16.5. The number of carbonyl (C=O) groups is 2. The maximum atomic E-state index is 13.4. The lowest BCUT2D eigenvalue weighted by atomic mass is 9.90. The van der Waals surface area contributed by atoms with Crippen molar-refractivity contribution in [1.29, 1.82) is 0 Å². The van der Waals surface area contributed by atoms with Crippen LogP contribution in [-0.2, 0) is 9.59 Å². The van der Waals surface area contributed by atoms with Gasteiger partial charge in [0.2, 0.25) is 5.91 Å². The molecule has 0 unspecified atom stereocenters. The Balaban J connectivity index is 1.52. The van der Waals surface area contributed by atoms with E-state index in [9.17, 15) is 9.59 Å². The SMILES string of the molecule is CCOc1ccc(N2C(=O)[C@@H]3[C@@H](C2=O)N2CCCN2[C@@H]3c2ccccc2)cc1. The van der Waals surface area contributed by atoms with Crippen molar-refractivity contribution in [3.05, 3.63) is 60.2 Å². The van der Waals surface area contributed by atoms with Crippen LogP contribution >= 0.6 is 0 Å². The monoisotopic (exact) mass is 377 g/mol. The summed E-state index contributed by atoms with van der Waals surface area (Å²) in [6, 6.07) is 16.8. The van der Waals surface area contributed by atoms with Crippen molar-refractivity contribution in [3.63, 3.8) is 0 Å². The second-order valence-corrected chi connectivity index (χ2v) is 7.44. The van der Waals surface area contributed by atoms with Gasteiger partial charge in [-0.1, -0.05) is 30.3 Å². The second kappa shape index (κ2) is 6.72. The molecular weight excluding hydrogens is 354 g/mol. The van der Waals surface area contributed by atoms with Gasteiger partial charge >= 0.3 is 0 Å². The van der Waals surface area contributed by atoms with E-state index in [2.05, 4.69) is 22.2 Å². The maximum absolute atomic E-state index is 13.4. The highest BCUT2D eigenvalue weighted by Crippen LogP contribution is 2.48. The van der Waals surface area contributed by atoms with Crippen LogP contribution in [0.25, 0.3) is 0 Å². The number of imide groups is 1. The Bertz CT molecular complexity index is 899. The molecule has 3 fully saturated rings. The van der Waals surface area contributed by atoms with Gasteiger partial charge < -0.3 is 4.74 Å². The molecule has 0 spiro atoms. The van der Waals surface area contributed by atoms with Gasteiger partial charge in [-0.3, -0.25) is 9.59 Å². The van der Waals surface area contributed by atoms with Crippen LogP contribution in [-0.4, -0.2) is 47.6 Å². The van der Waals surface area contributed by atoms with Crippen molar-refractivity contribution < 1.29 is 14.3 Å². The summed E-state index contributed by atoms with van der Waals surface area (Å²) in [4.78, 5) is 28.1. The first-order valence-corrected chi connectivity index (χ1v) is 9.89. The molecule has 3 aliphatic heterocycles. The zero-order valence-corrected chi connectivity index (χ0v) is 15.8. The summed E-state index contributed by atoms with van der Waals surface area (Å²) in [5.41, 5.74) is 1.71. The maximum Gasteiger partial charge on any atom is 0.253 e. The van der Waals surface area contributed by atoms with Gasteiger partial charge in [0.05, 0.1) is 24.3 Å². The smallest absolute Gasteiger partial charge is 0.253 e. The molecule has 3 atom stereocenters. The van der Waals surface area contributed by atoms with Crippen LogP contribution in [0, 0.1) is 5.92 Å². The van der Waals surface area contributed by atoms with Crippen LogP contribution in [0.1, 0.15) is 24.9 Å². The molecule has 5 rings (SSSR count). The molecule has 0 saturated carbocycles. The number of carbonyl (C=O) groups excluding carboxylic acids is 2. The lowest BCUT2D eigenvalue weighted by Crippen LogP contribution is -2.44. The van der Waals surface area contributed by atoms with Gasteiger partial charge in [-0.25, -0.2) is 14.9 Å². The average Bonchev–Trinajstić information content (AvgIpc) is 3.36. The molecule has 6 nitrogen and oxygen atoms in total. The van der Waals surface area contributed by atoms with Crippen molar-refractivity contribution in [3.8, 4) is 5.75 Å².